The molecule has 1 aromatic rings. The number of ether oxygens (including phenoxy) is 1. The summed E-state index contributed by atoms with van der Waals surface area (Å²) in [6.07, 6.45) is 5.28. The van der Waals surface area contributed by atoms with E-state index in [9.17, 15) is 4.79 Å². The Morgan fingerprint density at radius 1 is 1.55 bits per heavy atom. The van der Waals surface area contributed by atoms with Gasteiger partial charge in [-0.3, -0.25) is 0 Å². The molecular weight excluding hydrogens is 258 g/mol. The molecule has 1 aliphatic carbocycles. The number of nitrogens with one attached hydrogen (secondary N) is 1. The fraction of sp³-hybridized carbons (Fsp3) is 0.714. The van der Waals surface area contributed by atoms with Gasteiger partial charge in [0.1, 0.15) is 6.26 Å². The van der Waals surface area contributed by atoms with Gasteiger partial charge in [0, 0.05) is 19.1 Å². The van der Waals surface area contributed by atoms with Gasteiger partial charge in [-0.15, -0.1) is 0 Å². The van der Waals surface area contributed by atoms with Crippen LogP contribution in [0.3, 0.4) is 0 Å². The number of likely N-dealkylation sites (tertiary alicyclic amines) is 1. The Morgan fingerprint density at radius 2 is 2.40 bits per heavy atom. The lowest BCUT2D eigenvalue weighted by Crippen LogP contribution is -2.24. The number of oxazole rings is 1. The highest BCUT2D eigenvalue weighted by molar-refractivity contribution is 5.87. The summed E-state index contributed by atoms with van der Waals surface area (Å²) >= 11 is 0. The first-order valence-corrected chi connectivity index (χ1v) is 7.37. The van der Waals surface area contributed by atoms with Crippen molar-refractivity contribution in [1.29, 1.82) is 0 Å². The molecule has 1 saturated heterocycles. The molecule has 1 aliphatic heterocycles. The largest absolute Gasteiger partial charge is 0.461 e. The summed E-state index contributed by atoms with van der Waals surface area (Å²) < 4.78 is 10.1. The summed E-state index contributed by atoms with van der Waals surface area (Å²) in [6, 6.07) is 1.25. The van der Waals surface area contributed by atoms with E-state index in [1.807, 2.05) is 0 Å². The summed E-state index contributed by atoms with van der Waals surface area (Å²) in [4.78, 5) is 18.1. The van der Waals surface area contributed by atoms with E-state index in [1.165, 1.54) is 32.1 Å². The van der Waals surface area contributed by atoms with Gasteiger partial charge in [0.05, 0.1) is 6.61 Å². The Hall–Kier alpha value is -1.56. The first kappa shape index (κ1) is 13.4. The fourth-order valence-corrected chi connectivity index (χ4v) is 2.69. The lowest BCUT2D eigenvalue weighted by molar-refractivity contribution is 0.0519. The van der Waals surface area contributed by atoms with Crippen molar-refractivity contribution in [3.8, 4) is 0 Å². The predicted molar refractivity (Wildman–Crippen MR) is 73.7 cm³/mol. The topological polar surface area (TPSA) is 67.6 Å². The molecule has 2 heterocycles. The Bertz CT molecular complexity index is 470. The number of hydrogen-bond acceptors (Lipinski definition) is 6. The molecule has 0 aromatic carbocycles. The second-order valence-corrected chi connectivity index (χ2v) is 5.52. The van der Waals surface area contributed by atoms with E-state index in [0.717, 1.165) is 19.1 Å². The van der Waals surface area contributed by atoms with E-state index < -0.39 is 5.97 Å². The van der Waals surface area contributed by atoms with Gasteiger partial charge in [-0.1, -0.05) is 0 Å². The van der Waals surface area contributed by atoms with Crippen molar-refractivity contribution in [3.05, 3.63) is 12.0 Å². The quantitative estimate of drug-likeness (QED) is 0.800. The minimum absolute atomic E-state index is 0.223. The van der Waals surface area contributed by atoms with Crippen LogP contribution in [0, 0.1) is 5.92 Å². The van der Waals surface area contributed by atoms with Crippen molar-refractivity contribution in [1.82, 2.24) is 9.88 Å². The van der Waals surface area contributed by atoms with E-state index in [0.29, 0.717) is 18.5 Å². The molecule has 6 nitrogen and oxygen atoms in total. The number of hydrogen-bond donors (Lipinski definition) is 1. The monoisotopic (exact) mass is 279 g/mol. The number of aromatic nitrogens is 1. The number of nitrogens with zero attached hydrogens (tertiary/aromatic N) is 2. The maximum atomic E-state index is 11.5. The molecule has 2 fully saturated rings. The van der Waals surface area contributed by atoms with Gasteiger partial charge in [0.15, 0.2) is 5.69 Å². The average molecular weight is 279 g/mol. The normalized spacial score (nSPS) is 22.9. The van der Waals surface area contributed by atoms with Crippen molar-refractivity contribution in [3.63, 3.8) is 0 Å². The van der Waals surface area contributed by atoms with E-state index in [-0.39, 0.29) is 5.69 Å². The van der Waals surface area contributed by atoms with Gasteiger partial charge < -0.3 is 19.4 Å². The van der Waals surface area contributed by atoms with Crippen LogP contribution in [-0.4, -0.2) is 48.1 Å². The second-order valence-electron chi connectivity index (χ2n) is 5.52. The van der Waals surface area contributed by atoms with Crippen molar-refractivity contribution in [2.75, 3.05) is 31.6 Å². The molecule has 0 spiro atoms. The van der Waals surface area contributed by atoms with Crippen LogP contribution in [-0.2, 0) is 4.74 Å². The molecule has 20 heavy (non-hydrogen) atoms. The van der Waals surface area contributed by atoms with Crippen LogP contribution in [0.25, 0.3) is 0 Å². The zero-order valence-corrected chi connectivity index (χ0v) is 11.8. The van der Waals surface area contributed by atoms with Gasteiger partial charge >= 0.3 is 5.97 Å². The Labute approximate surface area is 118 Å². The van der Waals surface area contributed by atoms with Crippen LogP contribution in [0.15, 0.2) is 10.7 Å². The average Bonchev–Trinajstić information content (AvgIpc) is 3.01. The third-order valence-electron chi connectivity index (χ3n) is 3.91. The molecule has 1 N–H and O–H groups in total. The van der Waals surface area contributed by atoms with Gasteiger partial charge in [0.25, 0.3) is 6.01 Å². The molecule has 1 atom stereocenters. The zero-order valence-electron chi connectivity index (χ0n) is 11.8. The minimum atomic E-state index is -0.440. The first-order chi connectivity index (χ1) is 9.76. The van der Waals surface area contributed by atoms with E-state index in [1.54, 1.807) is 6.92 Å². The van der Waals surface area contributed by atoms with E-state index in [4.69, 9.17) is 9.15 Å². The lowest BCUT2D eigenvalue weighted by Gasteiger charge is -2.14. The summed E-state index contributed by atoms with van der Waals surface area (Å²) in [5.41, 5.74) is 0.223. The highest BCUT2D eigenvalue weighted by atomic mass is 16.5. The maximum absolute atomic E-state index is 11.5. The van der Waals surface area contributed by atoms with Gasteiger partial charge in [-0.25, -0.2) is 4.79 Å². The Morgan fingerprint density at radius 3 is 3.15 bits per heavy atom. The molecule has 0 radical (unpaired) electrons. The second kappa shape index (κ2) is 5.83. The van der Waals surface area contributed by atoms with Crippen LogP contribution in [0.1, 0.15) is 36.7 Å². The highest BCUT2D eigenvalue weighted by Crippen LogP contribution is 2.31. The van der Waals surface area contributed by atoms with Crippen molar-refractivity contribution in [2.24, 2.45) is 5.92 Å². The number of carbonyl (C=O) groups is 1. The standard InChI is InChI=1S/C14H21N3O3/c1-2-19-13(18)12-9-20-14(16-12)15-7-10-5-6-17(8-10)11-3-4-11/h9-11H,2-8H2,1H3,(H,15,16). The third-order valence-corrected chi connectivity index (χ3v) is 3.91. The molecule has 1 aromatic heterocycles. The molecule has 0 bridgehead atoms. The van der Waals surface area contributed by atoms with Gasteiger partial charge in [0.2, 0.25) is 0 Å². The molecule has 0 amide bonds. The highest BCUT2D eigenvalue weighted by Gasteiger charge is 2.34. The Balaban J connectivity index is 1.45. The molecule has 6 heteroatoms. The summed E-state index contributed by atoms with van der Waals surface area (Å²) in [5, 5.41) is 3.17. The van der Waals surface area contributed by atoms with Crippen LogP contribution < -0.4 is 5.32 Å². The van der Waals surface area contributed by atoms with Crippen LogP contribution in [0.4, 0.5) is 6.01 Å². The van der Waals surface area contributed by atoms with Crippen molar-refractivity contribution >= 4 is 12.0 Å². The SMILES string of the molecule is CCOC(=O)c1coc(NCC2CCN(C3CC3)C2)n1. The van der Waals surface area contributed by atoms with Crippen molar-refractivity contribution < 1.29 is 13.9 Å². The molecule has 110 valence electrons. The van der Waals surface area contributed by atoms with Gasteiger partial charge in [-0.2, -0.15) is 4.98 Å². The number of rotatable bonds is 6. The third kappa shape index (κ3) is 3.12. The van der Waals surface area contributed by atoms with Gasteiger partial charge in [-0.05, 0) is 38.6 Å². The van der Waals surface area contributed by atoms with Crippen LogP contribution >= 0.6 is 0 Å². The minimum Gasteiger partial charge on any atom is -0.461 e. The summed E-state index contributed by atoms with van der Waals surface area (Å²) in [6.45, 7) is 5.31. The molecular formula is C14H21N3O3. The van der Waals surface area contributed by atoms with E-state index >= 15 is 0 Å². The number of anilines is 1. The van der Waals surface area contributed by atoms with E-state index in [2.05, 4.69) is 15.2 Å². The van der Waals surface area contributed by atoms with Crippen LogP contribution in [0.2, 0.25) is 0 Å². The lowest BCUT2D eigenvalue weighted by atomic mass is 10.1. The number of esters is 1. The fourth-order valence-electron chi connectivity index (χ4n) is 2.69. The first-order valence-electron chi connectivity index (χ1n) is 7.37. The number of carbonyl (C=O) groups excluding carboxylic acids is 1. The maximum Gasteiger partial charge on any atom is 0.360 e. The predicted octanol–water partition coefficient (Wildman–Crippen LogP) is 1.75. The molecule has 3 rings (SSSR count). The van der Waals surface area contributed by atoms with Crippen molar-refractivity contribution in [2.45, 2.75) is 32.2 Å². The smallest absolute Gasteiger partial charge is 0.360 e. The summed E-state index contributed by atoms with van der Waals surface area (Å²) in [5.74, 6) is 0.193. The Kier molecular flexibility index (Phi) is 3.91. The zero-order chi connectivity index (χ0) is 13.9. The molecule has 2 aliphatic rings. The van der Waals surface area contributed by atoms with Crippen LogP contribution in [0.5, 0.6) is 0 Å². The molecule has 1 saturated carbocycles. The molecule has 1 unspecified atom stereocenters. The summed E-state index contributed by atoms with van der Waals surface area (Å²) in [7, 11) is 0.